The van der Waals surface area contributed by atoms with Crippen LogP contribution in [0, 0.1) is 12.8 Å². The van der Waals surface area contributed by atoms with Crippen LogP contribution in [0.4, 0.5) is 0 Å². The third kappa shape index (κ3) is 3.22. The van der Waals surface area contributed by atoms with Gasteiger partial charge in [-0.3, -0.25) is 4.68 Å². The van der Waals surface area contributed by atoms with E-state index in [-0.39, 0.29) is 0 Å². The lowest BCUT2D eigenvalue weighted by Crippen LogP contribution is -2.10. The van der Waals surface area contributed by atoms with E-state index in [1.54, 1.807) is 0 Å². The van der Waals surface area contributed by atoms with Gasteiger partial charge in [-0.15, -0.1) is 11.6 Å². The van der Waals surface area contributed by atoms with Crippen LogP contribution in [0.15, 0.2) is 4.47 Å². The third-order valence-electron chi connectivity index (χ3n) is 2.66. The van der Waals surface area contributed by atoms with Gasteiger partial charge in [0.15, 0.2) is 0 Å². The Morgan fingerprint density at radius 3 is 2.60 bits per heavy atom. The van der Waals surface area contributed by atoms with E-state index < -0.39 is 0 Å². The van der Waals surface area contributed by atoms with Gasteiger partial charge in [0, 0.05) is 12.9 Å². The molecule has 86 valence electrons. The van der Waals surface area contributed by atoms with Gasteiger partial charge in [0.25, 0.3) is 0 Å². The fourth-order valence-electron chi connectivity index (χ4n) is 1.82. The highest BCUT2D eigenvalue weighted by Gasteiger charge is 2.15. The number of aromatic nitrogens is 2. The normalized spacial score (nSPS) is 13.1. The van der Waals surface area contributed by atoms with Crippen molar-refractivity contribution in [2.24, 2.45) is 13.0 Å². The van der Waals surface area contributed by atoms with Gasteiger partial charge in [-0.1, -0.05) is 13.3 Å². The van der Waals surface area contributed by atoms with Crippen LogP contribution in [-0.4, -0.2) is 15.7 Å². The minimum absolute atomic E-state index is 0.558. The molecule has 0 spiro atoms. The predicted octanol–water partition coefficient (Wildman–Crippen LogP) is 3.69. The van der Waals surface area contributed by atoms with E-state index in [9.17, 15) is 0 Å². The summed E-state index contributed by atoms with van der Waals surface area (Å²) >= 11 is 9.55. The molecule has 15 heavy (non-hydrogen) atoms. The summed E-state index contributed by atoms with van der Waals surface area (Å²) in [7, 11) is 1.99. The maximum Gasteiger partial charge on any atom is 0.0738 e. The van der Waals surface area contributed by atoms with Crippen molar-refractivity contribution in [2.75, 3.05) is 5.88 Å². The van der Waals surface area contributed by atoms with Crippen LogP contribution < -0.4 is 0 Å². The number of halogens is 2. The van der Waals surface area contributed by atoms with Crippen molar-refractivity contribution in [1.29, 1.82) is 0 Å². The molecule has 0 aliphatic carbocycles. The summed E-state index contributed by atoms with van der Waals surface area (Å²) in [6.45, 7) is 4.21. The van der Waals surface area contributed by atoms with Crippen molar-refractivity contribution in [3.63, 3.8) is 0 Å². The Kier molecular flexibility index (Phi) is 5.13. The standard InChI is InChI=1S/C11H18BrClN2/c1-4-5-9(7-13)6-10-11(12)8(2)14-15(10)3/h9H,4-7H2,1-3H3. The van der Waals surface area contributed by atoms with Gasteiger partial charge in [-0.2, -0.15) is 5.10 Å². The molecule has 0 N–H and O–H groups in total. The smallest absolute Gasteiger partial charge is 0.0738 e. The van der Waals surface area contributed by atoms with E-state index in [0.29, 0.717) is 5.92 Å². The Labute approximate surface area is 105 Å². The molecule has 0 aromatic carbocycles. The molecule has 0 amide bonds. The van der Waals surface area contributed by atoms with Gasteiger partial charge in [0.05, 0.1) is 15.9 Å². The molecule has 0 bridgehead atoms. The van der Waals surface area contributed by atoms with Crippen LogP contribution in [0.1, 0.15) is 31.2 Å². The van der Waals surface area contributed by atoms with E-state index in [1.165, 1.54) is 18.5 Å². The van der Waals surface area contributed by atoms with Gasteiger partial charge >= 0.3 is 0 Å². The highest BCUT2D eigenvalue weighted by atomic mass is 79.9. The van der Waals surface area contributed by atoms with Gasteiger partial charge in [0.2, 0.25) is 0 Å². The lowest BCUT2D eigenvalue weighted by atomic mass is 10.00. The highest BCUT2D eigenvalue weighted by molar-refractivity contribution is 9.10. The zero-order chi connectivity index (χ0) is 11.4. The third-order valence-corrected chi connectivity index (χ3v) is 4.13. The highest BCUT2D eigenvalue weighted by Crippen LogP contribution is 2.24. The molecule has 0 aliphatic heterocycles. The van der Waals surface area contributed by atoms with E-state index >= 15 is 0 Å². The summed E-state index contributed by atoms with van der Waals surface area (Å²) in [6.07, 6.45) is 3.38. The summed E-state index contributed by atoms with van der Waals surface area (Å²) in [6, 6.07) is 0. The van der Waals surface area contributed by atoms with Gasteiger partial charge < -0.3 is 0 Å². The molecule has 1 unspecified atom stereocenters. The molecule has 2 nitrogen and oxygen atoms in total. The van der Waals surface area contributed by atoms with Crippen molar-refractivity contribution < 1.29 is 0 Å². The SMILES string of the molecule is CCCC(CCl)Cc1c(Br)c(C)nn1C. The Balaban J connectivity index is 2.78. The minimum atomic E-state index is 0.558. The Morgan fingerprint density at radius 2 is 2.20 bits per heavy atom. The van der Waals surface area contributed by atoms with Crippen molar-refractivity contribution in [3.05, 3.63) is 15.9 Å². The lowest BCUT2D eigenvalue weighted by molar-refractivity contribution is 0.506. The maximum atomic E-state index is 5.96. The van der Waals surface area contributed by atoms with Crippen molar-refractivity contribution in [2.45, 2.75) is 33.1 Å². The summed E-state index contributed by atoms with van der Waals surface area (Å²) in [5.41, 5.74) is 2.31. The summed E-state index contributed by atoms with van der Waals surface area (Å²) in [4.78, 5) is 0. The molecule has 0 saturated heterocycles. The first-order valence-corrected chi connectivity index (χ1v) is 6.66. The van der Waals surface area contributed by atoms with Crippen LogP contribution in [0.25, 0.3) is 0 Å². The zero-order valence-corrected chi connectivity index (χ0v) is 11.9. The molecule has 0 radical (unpaired) electrons. The van der Waals surface area contributed by atoms with Gasteiger partial charge in [-0.05, 0) is 41.6 Å². The molecule has 1 atom stereocenters. The van der Waals surface area contributed by atoms with Crippen LogP contribution in [0.5, 0.6) is 0 Å². The second kappa shape index (κ2) is 5.90. The Hall–Kier alpha value is -0.0200. The largest absolute Gasteiger partial charge is 0.271 e. The topological polar surface area (TPSA) is 17.8 Å². The molecule has 0 fully saturated rings. The number of aryl methyl sites for hydroxylation is 2. The van der Waals surface area contributed by atoms with Crippen molar-refractivity contribution >= 4 is 27.5 Å². The van der Waals surface area contributed by atoms with Crippen molar-refractivity contribution in [1.82, 2.24) is 9.78 Å². The summed E-state index contributed by atoms with van der Waals surface area (Å²) in [5.74, 6) is 1.28. The first kappa shape index (κ1) is 13.0. The predicted molar refractivity (Wildman–Crippen MR) is 68.5 cm³/mol. The lowest BCUT2D eigenvalue weighted by Gasteiger charge is -2.12. The van der Waals surface area contributed by atoms with Crippen LogP contribution >= 0.6 is 27.5 Å². The fraction of sp³-hybridized carbons (Fsp3) is 0.727. The molecule has 1 aromatic rings. The average molecular weight is 294 g/mol. The van der Waals surface area contributed by atoms with Gasteiger partial charge in [-0.25, -0.2) is 0 Å². The Morgan fingerprint density at radius 1 is 1.53 bits per heavy atom. The number of rotatable bonds is 5. The summed E-state index contributed by atoms with van der Waals surface area (Å²) < 4.78 is 3.09. The fourth-order valence-corrected chi connectivity index (χ4v) is 2.58. The van der Waals surface area contributed by atoms with Crippen LogP contribution in [0.3, 0.4) is 0 Å². The molecule has 4 heteroatoms. The monoisotopic (exact) mass is 292 g/mol. The van der Waals surface area contributed by atoms with Crippen molar-refractivity contribution in [3.8, 4) is 0 Å². The molecule has 0 aliphatic rings. The van der Waals surface area contributed by atoms with Crippen LogP contribution in [-0.2, 0) is 13.5 Å². The first-order valence-electron chi connectivity index (χ1n) is 5.34. The van der Waals surface area contributed by atoms with Gasteiger partial charge in [0.1, 0.15) is 0 Å². The zero-order valence-electron chi connectivity index (χ0n) is 9.56. The number of nitrogens with zero attached hydrogens (tertiary/aromatic N) is 2. The second-order valence-electron chi connectivity index (χ2n) is 3.98. The molecular formula is C11H18BrClN2. The molecule has 1 rings (SSSR count). The Bertz CT molecular complexity index is 323. The number of hydrogen-bond donors (Lipinski definition) is 0. The minimum Gasteiger partial charge on any atom is -0.271 e. The maximum absolute atomic E-state index is 5.96. The summed E-state index contributed by atoms with van der Waals surface area (Å²) in [5, 5.41) is 4.38. The number of alkyl halides is 1. The molecule has 1 aromatic heterocycles. The molecule has 1 heterocycles. The van der Waals surface area contributed by atoms with E-state index in [0.717, 1.165) is 22.5 Å². The molecule has 0 saturated carbocycles. The van der Waals surface area contributed by atoms with E-state index in [1.807, 2.05) is 18.7 Å². The average Bonchev–Trinajstić information content (AvgIpc) is 2.44. The quantitative estimate of drug-likeness (QED) is 0.757. The van der Waals surface area contributed by atoms with Crippen LogP contribution in [0.2, 0.25) is 0 Å². The van der Waals surface area contributed by atoms with E-state index in [4.69, 9.17) is 11.6 Å². The van der Waals surface area contributed by atoms with E-state index in [2.05, 4.69) is 28.0 Å². The first-order chi connectivity index (χ1) is 7.10. The molecular weight excluding hydrogens is 275 g/mol. The number of hydrogen-bond acceptors (Lipinski definition) is 1. The second-order valence-corrected chi connectivity index (χ2v) is 5.08.